The lowest BCUT2D eigenvalue weighted by Crippen LogP contribution is -2.38. The van der Waals surface area contributed by atoms with Crippen LogP contribution in [0, 0.1) is 5.92 Å². The Bertz CT molecular complexity index is 1620. The van der Waals surface area contributed by atoms with Crippen molar-refractivity contribution in [2.75, 3.05) is 20.1 Å². The molecule has 0 N–H and O–H groups in total. The van der Waals surface area contributed by atoms with Gasteiger partial charge in [-0.3, -0.25) is 14.5 Å². The lowest BCUT2D eigenvalue weighted by molar-refractivity contribution is -0.125. The number of amides is 3. The average Bonchev–Trinajstić information content (AvgIpc) is 3.14. The number of nitrogens with zero attached hydrogens (tertiary/aromatic N) is 2. The van der Waals surface area contributed by atoms with Crippen LogP contribution in [0.25, 0.3) is 0 Å². The molecule has 1 heterocycles. The highest BCUT2D eigenvalue weighted by Crippen LogP contribution is 2.43. The number of ketones is 1. The van der Waals surface area contributed by atoms with Gasteiger partial charge in [-0.2, -0.15) is 0 Å². The second-order valence-electron chi connectivity index (χ2n) is 10.2. The molecule has 1 aliphatic carbocycles. The number of halogens is 3. The van der Waals surface area contributed by atoms with E-state index in [4.69, 9.17) is 34.8 Å². The molecule has 3 amide bonds. The maximum absolute atomic E-state index is 14.0. The normalized spacial score (nSPS) is 19.2. The van der Waals surface area contributed by atoms with Crippen LogP contribution in [0.1, 0.15) is 38.7 Å². The zero-order chi connectivity index (χ0) is 28.8. The first kappa shape index (κ1) is 28.6. The molecular formula is C29H25Cl3N2O5S. The predicted molar refractivity (Wildman–Crippen MR) is 154 cm³/mol. The molecule has 1 unspecified atom stereocenters. The highest BCUT2D eigenvalue weighted by molar-refractivity contribution is 7.91. The van der Waals surface area contributed by atoms with Gasteiger partial charge in [-0.15, -0.1) is 0 Å². The molecule has 0 aromatic heterocycles. The minimum Gasteiger partial charge on any atom is -0.318 e. The van der Waals surface area contributed by atoms with E-state index in [-0.39, 0.29) is 64.0 Å². The molecule has 0 radical (unpaired) electrons. The van der Waals surface area contributed by atoms with Gasteiger partial charge in [0.25, 0.3) is 0 Å². The molecule has 2 atom stereocenters. The summed E-state index contributed by atoms with van der Waals surface area (Å²) < 4.78 is 28.0. The molecule has 1 saturated heterocycles. The molecular weight excluding hydrogens is 595 g/mol. The first-order valence-corrected chi connectivity index (χ1v) is 15.3. The van der Waals surface area contributed by atoms with Crippen LogP contribution in [0.3, 0.4) is 0 Å². The van der Waals surface area contributed by atoms with Crippen molar-refractivity contribution in [3.63, 3.8) is 0 Å². The molecule has 40 heavy (non-hydrogen) atoms. The summed E-state index contributed by atoms with van der Waals surface area (Å²) in [5.74, 6) is -0.867. The number of imide groups is 1. The number of sulfone groups is 1. The second kappa shape index (κ2) is 11.2. The molecule has 0 saturated carbocycles. The van der Waals surface area contributed by atoms with Crippen LogP contribution < -0.4 is 0 Å². The number of fused-ring (bicyclic) bond motifs is 1. The Morgan fingerprint density at radius 1 is 0.975 bits per heavy atom. The van der Waals surface area contributed by atoms with Gasteiger partial charge in [0.15, 0.2) is 15.6 Å². The van der Waals surface area contributed by atoms with Crippen molar-refractivity contribution in [1.82, 2.24) is 9.80 Å². The third kappa shape index (κ3) is 5.50. The molecule has 11 heteroatoms. The summed E-state index contributed by atoms with van der Waals surface area (Å²) in [6, 6.07) is 15.9. The first-order chi connectivity index (χ1) is 19.0. The number of likely N-dealkylation sites (N-methyl/N-ethyl adjacent to an activating group) is 1. The smallest absolute Gasteiger partial charge is 0.318 e. The van der Waals surface area contributed by atoms with Gasteiger partial charge < -0.3 is 4.90 Å². The monoisotopic (exact) mass is 618 g/mol. The van der Waals surface area contributed by atoms with Crippen LogP contribution >= 0.6 is 34.8 Å². The first-order valence-electron chi connectivity index (χ1n) is 12.6. The Hall–Kier alpha value is -2.91. The van der Waals surface area contributed by atoms with Gasteiger partial charge >= 0.3 is 6.03 Å². The zero-order valence-corrected chi connectivity index (χ0v) is 24.5. The molecule has 0 spiro atoms. The maximum Gasteiger partial charge on any atom is 0.326 e. The quantitative estimate of drug-likeness (QED) is 0.237. The summed E-state index contributed by atoms with van der Waals surface area (Å²) in [6.07, 6.45) is 0.645. The molecule has 208 valence electrons. The lowest BCUT2D eigenvalue weighted by Gasteiger charge is -2.33. The molecule has 3 aromatic carbocycles. The Morgan fingerprint density at radius 3 is 2.33 bits per heavy atom. The van der Waals surface area contributed by atoms with Gasteiger partial charge in [0.05, 0.1) is 25.8 Å². The number of Topliss-reactive ketones (excluding diaryl/α,β-unsaturated/α-hetero) is 1. The van der Waals surface area contributed by atoms with Gasteiger partial charge in [-0.25, -0.2) is 13.2 Å². The van der Waals surface area contributed by atoms with Crippen molar-refractivity contribution in [3.05, 3.63) is 98.0 Å². The maximum atomic E-state index is 14.0. The largest absolute Gasteiger partial charge is 0.326 e. The van der Waals surface area contributed by atoms with E-state index in [1.807, 2.05) is 6.07 Å². The molecule has 7 nitrogen and oxygen atoms in total. The molecule has 1 aliphatic heterocycles. The fourth-order valence-electron chi connectivity index (χ4n) is 5.45. The van der Waals surface area contributed by atoms with E-state index < -0.39 is 21.1 Å². The van der Waals surface area contributed by atoms with E-state index in [1.54, 1.807) is 49.5 Å². The van der Waals surface area contributed by atoms with Crippen molar-refractivity contribution in [3.8, 4) is 0 Å². The number of carbonyl (C=O) groups is 3. The highest BCUT2D eigenvalue weighted by Gasteiger charge is 2.41. The summed E-state index contributed by atoms with van der Waals surface area (Å²) in [5.41, 5.74) is 2.21. The minimum absolute atomic E-state index is 0.000776. The standard InChI is InChI=1S/C29H25Cl3N2O5S/c1-33-16-27(36)34(29(33)37)15-18-10-19-9-8-17(12-25(35)28-23(31)6-3-7-24(28)32)11-22(19)26(13-18)40(38,39)21-5-2-4-20(30)14-21/h2-9,11,14,18,26H,10,12-13,15-16H2,1H3/t18-,26?/m1/s1. The summed E-state index contributed by atoms with van der Waals surface area (Å²) >= 11 is 18.6. The van der Waals surface area contributed by atoms with Crippen LogP contribution in [0.2, 0.25) is 15.1 Å². The fourth-order valence-corrected chi connectivity index (χ4v) is 8.28. The second-order valence-corrected chi connectivity index (χ2v) is 13.6. The van der Waals surface area contributed by atoms with Crippen LogP contribution in [-0.4, -0.2) is 56.1 Å². The van der Waals surface area contributed by atoms with Gasteiger partial charge in [0, 0.05) is 25.0 Å². The molecule has 2 aliphatic rings. The fraction of sp³-hybridized carbons (Fsp3) is 0.276. The lowest BCUT2D eigenvalue weighted by atomic mass is 9.82. The number of benzene rings is 3. The number of hydrogen-bond donors (Lipinski definition) is 0. The van der Waals surface area contributed by atoms with Gasteiger partial charge in [0.1, 0.15) is 6.54 Å². The Kier molecular flexibility index (Phi) is 7.99. The van der Waals surface area contributed by atoms with E-state index in [9.17, 15) is 22.8 Å². The van der Waals surface area contributed by atoms with Crippen molar-refractivity contribution in [2.45, 2.75) is 29.4 Å². The summed E-state index contributed by atoms with van der Waals surface area (Å²) in [6.45, 7) is 0.119. The van der Waals surface area contributed by atoms with E-state index in [0.717, 1.165) is 5.56 Å². The third-order valence-electron chi connectivity index (χ3n) is 7.39. The van der Waals surface area contributed by atoms with Crippen LogP contribution in [0.15, 0.2) is 65.6 Å². The number of urea groups is 1. The molecule has 3 aromatic rings. The minimum atomic E-state index is -3.92. The third-order valence-corrected chi connectivity index (χ3v) is 10.4. The van der Waals surface area contributed by atoms with E-state index >= 15 is 0 Å². The van der Waals surface area contributed by atoms with Gasteiger partial charge in [-0.1, -0.05) is 65.1 Å². The summed E-state index contributed by atoms with van der Waals surface area (Å²) in [7, 11) is -2.37. The van der Waals surface area contributed by atoms with E-state index in [1.165, 1.54) is 21.9 Å². The molecule has 1 fully saturated rings. The van der Waals surface area contributed by atoms with E-state index in [0.29, 0.717) is 22.6 Å². The van der Waals surface area contributed by atoms with Crippen LogP contribution in [0.5, 0.6) is 0 Å². The zero-order valence-electron chi connectivity index (χ0n) is 21.4. The van der Waals surface area contributed by atoms with Gasteiger partial charge in [0.2, 0.25) is 5.91 Å². The summed E-state index contributed by atoms with van der Waals surface area (Å²) in [5, 5.41) is -0.183. The van der Waals surface area contributed by atoms with Crippen LogP contribution in [0.4, 0.5) is 4.79 Å². The van der Waals surface area contributed by atoms with Gasteiger partial charge in [-0.05, 0) is 65.8 Å². The molecule has 0 bridgehead atoms. The summed E-state index contributed by atoms with van der Waals surface area (Å²) in [4.78, 5) is 40.7. The predicted octanol–water partition coefficient (Wildman–Crippen LogP) is 6.04. The van der Waals surface area contributed by atoms with Crippen LogP contribution in [-0.2, 0) is 27.5 Å². The topological polar surface area (TPSA) is 91.8 Å². The Morgan fingerprint density at radius 2 is 1.68 bits per heavy atom. The van der Waals surface area contributed by atoms with E-state index in [2.05, 4.69) is 0 Å². The number of carbonyl (C=O) groups excluding carboxylic acids is 3. The Labute approximate surface area is 247 Å². The number of hydrogen-bond acceptors (Lipinski definition) is 5. The van der Waals surface area contributed by atoms with Crippen molar-refractivity contribution in [2.24, 2.45) is 5.92 Å². The van der Waals surface area contributed by atoms with Crippen molar-refractivity contribution in [1.29, 1.82) is 0 Å². The Balaban J connectivity index is 1.51. The molecule has 5 rings (SSSR count). The number of rotatable bonds is 7. The van der Waals surface area contributed by atoms with Crippen molar-refractivity contribution >= 4 is 62.4 Å². The van der Waals surface area contributed by atoms with Crippen molar-refractivity contribution < 1.29 is 22.8 Å². The highest BCUT2D eigenvalue weighted by atomic mass is 35.5. The SMILES string of the molecule is CN1CC(=O)N(C[C@@H]2Cc3ccc(CC(=O)c4c(Cl)cccc4Cl)cc3C(S(=O)(=O)c3cccc(Cl)c3)C2)C1=O. The average molecular weight is 620 g/mol.